The molecular weight excluding hydrogens is 354 g/mol. The summed E-state index contributed by atoms with van der Waals surface area (Å²) >= 11 is 2.96. The number of likely N-dealkylation sites (tertiary alicyclic amines) is 1. The highest BCUT2D eigenvalue weighted by Gasteiger charge is 2.25. The van der Waals surface area contributed by atoms with E-state index in [0.717, 1.165) is 46.6 Å². The molecule has 1 atom stereocenters. The molecule has 0 bridgehead atoms. The van der Waals surface area contributed by atoms with Crippen LogP contribution < -0.4 is 5.56 Å². The number of thioether (sulfide) groups is 1. The largest absolute Gasteiger partial charge is 0.342 e. The Morgan fingerprint density at radius 1 is 1.28 bits per heavy atom. The maximum atomic E-state index is 12.9. The minimum atomic E-state index is -0.234. The van der Waals surface area contributed by atoms with Crippen molar-refractivity contribution in [2.24, 2.45) is 0 Å². The van der Waals surface area contributed by atoms with Gasteiger partial charge in [0.1, 0.15) is 4.83 Å². The highest BCUT2D eigenvalue weighted by Crippen LogP contribution is 2.30. The number of aromatic nitrogens is 2. The minimum Gasteiger partial charge on any atom is -0.342 e. The van der Waals surface area contributed by atoms with Crippen molar-refractivity contribution in [2.75, 3.05) is 13.1 Å². The highest BCUT2D eigenvalue weighted by atomic mass is 32.2. The zero-order chi connectivity index (χ0) is 18.1. The van der Waals surface area contributed by atoms with Crippen LogP contribution in [0.15, 0.2) is 9.95 Å². The van der Waals surface area contributed by atoms with Gasteiger partial charge in [0, 0.05) is 24.5 Å². The number of hydrogen-bond acceptors (Lipinski definition) is 5. The van der Waals surface area contributed by atoms with Gasteiger partial charge in [-0.1, -0.05) is 11.8 Å². The van der Waals surface area contributed by atoms with E-state index in [9.17, 15) is 9.59 Å². The molecule has 0 N–H and O–H groups in total. The van der Waals surface area contributed by atoms with Gasteiger partial charge in [0.2, 0.25) is 5.91 Å². The molecule has 5 nitrogen and oxygen atoms in total. The maximum Gasteiger partial charge on any atom is 0.263 e. The Hall–Kier alpha value is -1.34. The van der Waals surface area contributed by atoms with Crippen LogP contribution in [0.5, 0.6) is 0 Å². The molecule has 1 saturated heterocycles. The SMILES string of the molecule is CCn1c(SC(C)C(=O)N2CCCCC2)nc2sc(C)c(C)c2c1=O. The number of aryl methyl sites for hydroxylation is 2. The first-order valence-electron chi connectivity index (χ1n) is 8.90. The molecule has 3 rings (SSSR count). The van der Waals surface area contributed by atoms with Crippen molar-refractivity contribution < 1.29 is 4.79 Å². The van der Waals surface area contributed by atoms with Crippen LogP contribution in [0.3, 0.4) is 0 Å². The van der Waals surface area contributed by atoms with Crippen LogP contribution in [-0.4, -0.2) is 38.7 Å². The van der Waals surface area contributed by atoms with Gasteiger partial charge in [-0.15, -0.1) is 11.3 Å². The fourth-order valence-corrected chi connectivity index (χ4v) is 5.38. The van der Waals surface area contributed by atoms with Gasteiger partial charge in [0.15, 0.2) is 5.16 Å². The van der Waals surface area contributed by atoms with E-state index in [0.29, 0.717) is 11.7 Å². The summed E-state index contributed by atoms with van der Waals surface area (Å²) in [6, 6.07) is 0. The molecule has 0 saturated carbocycles. The molecule has 0 aromatic carbocycles. The van der Waals surface area contributed by atoms with Crippen molar-refractivity contribution in [1.29, 1.82) is 0 Å². The van der Waals surface area contributed by atoms with E-state index in [1.165, 1.54) is 18.2 Å². The van der Waals surface area contributed by atoms with Crippen molar-refractivity contribution in [3.63, 3.8) is 0 Å². The molecule has 25 heavy (non-hydrogen) atoms. The predicted octanol–water partition coefficient (Wildman–Crippen LogP) is 3.59. The van der Waals surface area contributed by atoms with Crippen molar-refractivity contribution >= 4 is 39.2 Å². The second kappa shape index (κ2) is 7.50. The van der Waals surface area contributed by atoms with Crippen LogP contribution >= 0.6 is 23.1 Å². The topological polar surface area (TPSA) is 55.2 Å². The normalized spacial score (nSPS) is 16.4. The van der Waals surface area contributed by atoms with E-state index in [-0.39, 0.29) is 16.7 Å². The molecule has 2 aromatic rings. The van der Waals surface area contributed by atoms with Gasteiger partial charge in [-0.2, -0.15) is 0 Å². The summed E-state index contributed by atoms with van der Waals surface area (Å²) < 4.78 is 1.70. The van der Waals surface area contributed by atoms with Gasteiger partial charge in [-0.25, -0.2) is 4.98 Å². The number of rotatable bonds is 4. The molecule has 1 unspecified atom stereocenters. The summed E-state index contributed by atoms with van der Waals surface area (Å²) in [6.45, 7) is 10.1. The average Bonchev–Trinajstić information content (AvgIpc) is 2.89. The first kappa shape index (κ1) is 18.5. The monoisotopic (exact) mass is 379 g/mol. The fourth-order valence-electron chi connectivity index (χ4n) is 3.26. The zero-order valence-corrected chi connectivity index (χ0v) is 16.9. The van der Waals surface area contributed by atoms with E-state index in [1.54, 1.807) is 15.9 Å². The Bertz CT molecular complexity index is 850. The summed E-state index contributed by atoms with van der Waals surface area (Å²) in [6.07, 6.45) is 3.37. The third-order valence-electron chi connectivity index (χ3n) is 4.87. The standard InChI is InChI=1S/C18H25N3O2S2/c1-5-21-17(23)14-11(2)12(3)24-15(14)19-18(21)25-13(4)16(22)20-9-7-6-8-10-20/h13H,5-10H2,1-4H3. The average molecular weight is 380 g/mol. The van der Waals surface area contributed by atoms with Crippen molar-refractivity contribution in [3.05, 3.63) is 20.8 Å². The highest BCUT2D eigenvalue weighted by molar-refractivity contribution is 8.00. The van der Waals surface area contributed by atoms with Crippen LogP contribution in [0, 0.1) is 13.8 Å². The van der Waals surface area contributed by atoms with Crippen molar-refractivity contribution in [1.82, 2.24) is 14.5 Å². The number of hydrogen-bond donors (Lipinski definition) is 0. The summed E-state index contributed by atoms with van der Waals surface area (Å²) in [5.41, 5.74) is 1.03. The maximum absolute atomic E-state index is 12.9. The summed E-state index contributed by atoms with van der Waals surface area (Å²) in [7, 11) is 0. The summed E-state index contributed by atoms with van der Waals surface area (Å²) in [4.78, 5) is 34.2. The van der Waals surface area contributed by atoms with E-state index < -0.39 is 0 Å². The predicted molar refractivity (Wildman–Crippen MR) is 105 cm³/mol. The van der Waals surface area contributed by atoms with Crippen LogP contribution in [0.25, 0.3) is 10.2 Å². The number of thiophene rings is 1. The number of carbonyl (C=O) groups excluding carboxylic acids is 1. The summed E-state index contributed by atoms with van der Waals surface area (Å²) in [5, 5.41) is 1.14. The number of nitrogens with zero attached hydrogens (tertiary/aromatic N) is 3. The van der Waals surface area contributed by atoms with Crippen molar-refractivity contribution in [3.8, 4) is 0 Å². The first-order valence-corrected chi connectivity index (χ1v) is 10.6. The molecule has 2 aromatic heterocycles. The molecule has 3 heterocycles. The molecule has 136 valence electrons. The third kappa shape index (κ3) is 3.49. The van der Waals surface area contributed by atoms with Gasteiger partial charge >= 0.3 is 0 Å². The second-order valence-electron chi connectivity index (χ2n) is 6.55. The summed E-state index contributed by atoms with van der Waals surface area (Å²) in [5.74, 6) is 0.153. The van der Waals surface area contributed by atoms with Crippen LogP contribution in [0.1, 0.15) is 43.6 Å². The quantitative estimate of drug-likeness (QED) is 0.602. The van der Waals surface area contributed by atoms with E-state index in [2.05, 4.69) is 0 Å². The molecule has 0 aliphatic carbocycles. The Balaban J connectivity index is 1.92. The lowest BCUT2D eigenvalue weighted by Gasteiger charge is -2.29. The van der Waals surface area contributed by atoms with Gasteiger partial charge in [0.05, 0.1) is 10.6 Å². The van der Waals surface area contributed by atoms with Crippen LogP contribution in [0.4, 0.5) is 0 Å². The lowest BCUT2D eigenvalue weighted by Crippen LogP contribution is -2.40. The van der Waals surface area contributed by atoms with Gasteiger partial charge in [0.25, 0.3) is 5.56 Å². The lowest BCUT2D eigenvalue weighted by molar-refractivity contribution is -0.131. The second-order valence-corrected chi connectivity index (χ2v) is 9.06. The van der Waals surface area contributed by atoms with E-state index in [1.807, 2.05) is 32.6 Å². The number of amides is 1. The van der Waals surface area contributed by atoms with Crippen LogP contribution in [0.2, 0.25) is 0 Å². The number of carbonyl (C=O) groups is 1. The number of fused-ring (bicyclic) bond motifs is 1. The fraction of sp³-hybridized carbons (Fsp3) is 0.611. The number of piperidine rings is 1. The van der Waals surface area contributed by atoms with Gasteiger partial charge in [-0.05, 0) is 52.5 Å². The first-order chi connectivity index (χ1) is 11.9. The Morgan fingerprint density at radius 2 is 1.96 bits per heavy atom. The van der Waals surface area contributed by atoms with Gasteiger partial charge < -0.3 is 4.90 Å². The Labute approximate surface area is 156 Å². The Morgan fingerprint density at radius 3 is 2.60 bits per heavy atom. The molecule has 1 fully saturated rings. The molecule has 1 aliphatic heterocycles. The molecular formula is C18H25N3O2S2. The van der Waals surface area contributed by atoms with Crippen molar-refractivity contribution in [2.45, 2.75) is 63.9 Å². The van der Waals surface area contributed by atoms with E-state index >= 15 is 0 Å². The zero-order valence-electron chi connectivity index (χ0n) is 15.3. The lowest BCUT2D eigenvalue weighted by atomic mass is 10.1. The molecule has 1 aliphatic rings. The molecule has 7 heteroatoms. The molecule has 0 radical (unpaired) electrons. The molecule has 0 spiro atoms. The molecule has 1 amide bonds. The van der Waals surface area contributed by atoms with E-state index in [4.69, 9.17) is 4.98 Å². The minimum absolute atomic E-state index is 0.00877. The smallest absolute Gasteiger partial charge is 0.263 e. The Kier molecular flexibility index (Phi) is 5.53. The third-order valence-corrected chi connectivity index (χ3v) is 7.05. The van der Waals surface area contributed by atoms with Gasteiger partial charge in [-0.3, -0.25) is 14.2 Å². The van der Waals surface area contributed by atoms with Crippen LogP contribution in [-0.2, 0) is 11.3 Å².